The van der Waals surface area contributed by atoms with Crippen molar-refractivity contribution >= 4 is 15.9 Å². The van der Waals surface area contributed by atoms with Crippen molar-refractivity contribution < 1.29 is 46.0 Å². The second-order valence-corrected chi connectivity index (χ2v) is 8.94. The van der Waals surface area contributed by atoms with Crippen molar-refractivity contribution in [3.63, 3.8) is 0 Å². The first-order valence-corrected chi connectivity index (χ1v) is 10.0. The van der Waals surface area contributed by atoms with Gasteiger partial charge in [0.25, 0.3) is 0 Å². The molecule has 2 aromatic rings. The first-order chi connectivity index (χ1) is 14.8. The van der Waals surface area contributed by atoms with Crippen molar-refractivity contribution in [2.45, 2.75) is 51.2 Å². The Bertz CT molecular complexity index is 909. The molecule has 0 atom stereocenters. The van der Waals surface area contributed by atoms with Gasteiger partial charge < -0.3 is 19.7 Å². The number of alkyl halides is 6. The van der Waals surface area contributed by atoms with Gasteiger partial charge in [-0.15, -0.1) is 0 Å². The smallest absolute Gasteiger partial charge is 0.417 e. The van der Waals surface area contributed by atoms with E-state index < -0.39 is 34.7 Å². The second-order valence-electron chi connectivity index (χ2n) is 8.08. The monoisotopic (exact) mass is 548 g/mol. The Labute approximate surface area is 194 Å². The molecule has 0 aliphatic heterocycles. The third-order valence-electron chi connectivity index (χ3n) is 3.34. The summed E-state index contributed by atoms with van der Waals surface area (Å²) in [5.41, 5.74) is -3.94. The quantitative estimate of drug-likeness (QED) is 0.479. The van der Waals surface area contributed by atoms with Gasteiger partial charge in [-0.05, 0) is 49.7 Å². The molecule has 186 valence electrons. The lowest BCUT2D eigenvalue weighted by Gasteiger charge is -2.18. The lowest BCUT2D eigenvalue weighted by molar-refractivity contribution is -0.139. The van der Waals surface area contributed by atoms with Crippen LogP contribution < -0.4 is 9.47 Å². The van der Waals surface area contributed by atoms with Crippen LogP contribution in [-0.4, -0.2) is 44.6 Å². The number of rotatable bonds is 6. The number of pyridine rings is 2. The van der Waals surface area contributed by atoms with Gasteiger partial charge in [0.2, 0.25) is 11.8 Å². The molecule has 0 radical (unpaired) electrons. The van der Waals surface area contributed by atoms with Crippen molar-refractivity contribution in [1.82, 2.24) is 9.97 Å². The van der Waals surface area contributed by atoms with E-state index in [4.69, 9.17) is 9.47 Å². The highest BCUT2D eigenvalue weighted by atomic mass is 79.9. The summed E-state index contributed by atoms with van der Waals surface area (Å²) in [6, 6.07) is 2.44. The lowest BCUT2D eigenvalue weighted by Crippen LogP contribution is -2.28. The molecule has 2 heterocycles. The van der Waals surface area contributed by atoms with Crippen LogP contribution >= 0.6 is 15.9 Å². The second kappa shape index (κ2) is 10.9. The normalized spacial score (nSPS) is 12.6. The number of aromatic nitrogens is 2. The van der Waals surface area contributed by atoms with E-state index in [1.807, 2.05) is 0 Å². The lowest BCUT2D eigenvalue weighted by atomic mass is 10.2. The summed E-state index contributed by atoms with van der Waals surface area (Å²) in [5.74, 6) is -0.334. The molecule has 0 bridgehead atoms. The predicted octanol–water partition coefficient (Wildman–Crippen LogP) is 5.26. The molecular weight excluding hydrogens is 526 g/mol. The van der Waals surface area contributed by atoms with Gasteiger partial charge in [0, 0.05) is 29.0 Å². The molecule has 6 nitrogen and oxygen atoms in total. The molecule has 0 saturated heterocycles. The highest BCUT2D eigenvalue weighted by Crippen LogP contribution is 2.36. The summed E-state index contributed by atoms with van der Waals surface area (Å²) in [7, 11) is 0. The van der Waals surface area contributed by atoms with E-state index in [-0.39, 0.29) is 29.4 Å². The number of nitrogens with zero attached hydrogens (tertiary/aromatic N) is 2. The van der Waals surface area contributed by atoms with Crippen LogP contribution in [0.2, 0.25) is 0 Å². The van der Waals surface area contributed by atoms with E-state index in [2.05, 4.69) is 25.9 Å². The zero-order valence-electron chi connectivity index (χ0n) is 18.1. The molecule has 0 aromatic carbocycles. The average molecular weight is 549 g/mol. The maximum absolute atomic E-state index is 12.5. The summed E-state index contributed by atoms with van der Waals surface area (Å²) in [6.45, 7) is 5.68. The largest absolute Gasteiger partial charge is 0.475 e. The summed E-state index contributed by atoms with van der Waals surface area (Å²) >= 11 is 2.77. The van der Waals surface area contributed by atoms with E-state index >= 15 is 0 Å². The van der Waals surface area contributed by atoms with Crippen LogP contribution in [0.4, 0.5) is 26.3 Å². The maximum atomic E-state index is 12.5. The fourth-order valence-corrected chi connectivity index (χ4v) is 2.32. The van der Waals surface area contributed by atoms with Crippen molar-refractivity contribution in [3.05, 3.63) is 46.2 Å². The number of hydrogen-bond acceptors (Lipinski definition) is 6. The van der Waals surface area contributed by atoms with Crippen LogP contribution in [0.1, 0.15) is 38.8 Å². The van der Waals surface area contributed by atoms with Gasteiger partial charge in [0.05, 0.1) is 22.3 Å². The van der Waals surface area contributed by atoms with E-state index in [0.29, 0.717) is 0 Å². The van der Waals surface area contributed by atoms with Crippen LogP contribution in [0, 0.1) is 0 Å². The molecule has 2 rings (SSSR count). The Morgan fingerprint density at radius 2 is 1.30 bits per heavy atom. The minimum Gasteiger partial charge on any atom is -0.475 e. The zero-order chi connectivity index (χ0) is 25.7. The summed E-state index contributed by atoms with van der Waals surface area (Å²) < 4.78 is 84.3. The Morgan fingerprint density at radius 3 is 1.73 bits per heavy atom. The van der Waals surface area contributed by atoms with Crippen molar-refractivity contribution in [2.75, 3.05) is 13.2 Å². The topological polar surface area (TPSA) is 84.7 Å². The van der Waals surface area contributed by atoms with E-state index in [1.54, 1.807) is 0 Å². The Hall–Kier alpha value is -2.12. The van der Waals surface area contributed by atoms with Crippen molar-refractivity contribution in [1.29, 1.82) is 0 Å². The van der Waals surface area contributed by atoms with E-state index in [0.717, 1.165) is 30.6 Å². The van der Waals surface area contributed by atoms with Gasteiger partial charge >= 0.3 is 12.4 Å². The van der Waals surface area contributed by atoms with E-state index in [9.17, 15) is 36.6 Å². The van der Waals surface area contributed by atoms with Gasteiger partial charge in [-0.1, -0.05) is 0 Å². The fraction of sp³-hybridized carbons (Fsp3) is 0.500. The van der Waals surface area contributed by atoms with Crippen molar-refractivity contribution in [2.24, 2.45) is 0 Å². The van der Waals surface area contributed by atoms with Gasteiger partial charge in [0.1, 0.15) is 13.2 Å². The summed E-state index contributed by atoms with van der Waals surface area (Å²) in [4.78, 5) is 7.30. The van der Waals surface area contributed by atoms with Crippen LogP contribution in [0.5, 0.6) is 11.8 Å². The SMILES string of the molecule is CC(C)(O)COc1cc(C(F)(F)F)c(Br)cn1.CC(C)(O)COc1cc(C(F)(F)F)ccn1. The molecule has 2 aromatic heterocycles. The van der Waals surface area contributed by atoms with Gasteiger partial charge in [-0.2, -0.15) is 26.3 Å². The average Bonchev–Trinajstić information content (AvgIpc) is 2.64. The first kappa shape index (κ1) is 28.9. The number of aliphatic hydroxyl groups is 2. The highest BCUT2D eigenvalue weighted by Gasteiger charge is 2.34. The van der Waals surface area contributed by atoms with Crippen LogP contribution in [0.3, 0.4) is 0 Å². The molecule has 33 heavy (non-hydrogen) atoms. The number of hydrogen-bond donors (Lipinski definition) is 2. The standard InChI is InChI=1S/C10H11BrF3NO2.C10H12F3NO2/c1-9(2,16)5-17-8-3-6(10(12,13)14)7(11)4-15-8;1-9(2,15)6-16-8-5-7(3-4-14-8)10(11,12)13/h3-4,16H,5H2,1-2H3;3-5,15H,6H2,1-2H3. The molecule has 0 spiro atoms. The molecular formula is C20H23BrF6N2O4. The molecule has 0 aliphatic carbocycles. The van der Waals surface area contributed by atoms with Crippen molar-refractivity contribution in [3.8, 4) is 11.8 Å². The number of halogens is 7. The molecule has 0 saturated carbocycles. The summed E-state index contributed by atoms with van der Waals surface area (Å²) in [6.07, 6.45) is -6.87. The third-order valence-corrected chi connectivity index (χ3v) is 3.98. The maximum Gasteiger partial charge on any atom is 0.417 e. The molecule has 0 unspecified atom stereocenters. The highest BCUT2D eigenvalue weighted by molar-refractivity contribution is 9.10. The first-order valence-electron chi connectivity index (χ1n) is 9.24. The zero-order valence-corrected chi connectivity index (χ0v) is 19.6. The Kier molecular flexibility index (Phi) is 9.52. The van der Waals surface area contributed by atoms with Crippen LogP contribution in [-0.2, 0) is 12.4 Å². The molecule has 13 heteroatoms. The molecule has 2 N–H and O–H groups in total. The predicted molar refractivity (Wildman–Crippen MR) is 110 cm³/mol. The molecule has 0 amide bonds. The molecule has 0 aliphatic rings. The van der Waals surface area contributed by atoms with Crippen LogP contribution in [0.25, 0.3) is 0 Å². The van der Waals surface area contributed by atoms with Gasteiger partial charge in [-0.25, -0.2) is 9.97 Å². The van der Waals surface area contributed by atoms with Gasteiger partial charge in [0.15, 0.2) is 0 Å². The Balaban J connectivity index is 0.000000331. The minimum atomic E-state index is -4.48. The Morgan fingerprint density at radius 1 is 0.818 bits per heavy atom. The van der Waals surface area contributed by atoms with E-state index in [1.165, 1.54) is 27.7 Å². The minimum absolute atomic E-state index is 0.124. The van der Waals surface area contributed by atoms with Gasteiger partial charge in [-0.3, -0.25) is 0 Å². The number of ether oxygens (including phenoxy) is 2. The summed E-state index contributed by atoms with van der Waals surface area (Å²) in [5, 5.41) is 18.7. The molecule has 0 fully saturated rings. The fourth-order valence-electron chi connectivity index (χ4n) is 1.88. The third kappa shape index (κ3) is 11.5. The van der Waals surface area contributed by atoms with Crippen LogP contribution in [0.15, 0.2) is 35.1 Å².